The molecule has 0 aliphatic carbocycles. The number of aromatic nitrogens is 2. The lowest BCUT2D eigenvalue weighted by atomic mass is 10.2. The highest BCUT2D eigenvalue weighted by atomic mass is 16.5. The first-order valence-electron chi connectivity index (χ1n) is 10.3. The molecule has 1 aliphatic rings. The fourth-order valence-corrected chi connectivity index (χ4v) is 3.59. The van der Waals surface area contributed by atoms with Gasteiger partial charge in [0.1, 0.15) is 5.76 Å². The first-order valence-corrected chi connectivity index (χ1v) is 10.3. The molecule has 0 aromatic carbocycles. The highest BCUT2D eigenvalue weighted by Crippen LogP contribution is 2.17. The van der Waals surface area contributed by atoms with Crippen LogP contribution in [-0.4, -0.2) is 64.0 Å². The van der Waals surface area contributed by atoms with E-state index in [0.29, 0.717) is 32.2 Å². The maximum atomic E-state index is 12.9. The predicted molar refractivity (Wildman–Crippen MR) is 110 cm³/mol. The molecular formula is C22H30N4O4. The van der Waals surface area contributed by atoms with E-state index in [1.807, 2.05) is 19.9 Å². The summed E-state index contributed by atoms with van der Waals surface area (Å²) in [5.74, 6) is 0.899. The summed E-state index contributed by atoms with van der Waals surface area (Å²) in [5, 5.41) is 3.96. The average molecular weight is 415 g/mol. The largest absolute Gasteiger partial charge is 0.370 e. The van der Waals surface area contributed by atoms with Gasteiger partial charge in [0.25, 0.3) is 0 Å². The van der Waals surface area contributed by atoms with Crippen LogP contribution in [0.15, 0.2) is 29.0 Å². The molecule has 8 heteroatoms. The molecule has 1 unspecified atom stereocenters. The minimum Gasteiger partial charge on any atom is -0.370 e. The minimum atomic E-state index is -0.290. The summed E-state index contributed by atoms with van der Waals surface area (Å²) in [7, 11) is 0. The van der Waals surface area contributed by atoms with Crippen molar-refractivity contribution >= 4 is 11.8 Å². The van der Waals surface area contributed by atoms with Gasteiger partial charge in [-0.25, -0.2) is 0 Å². The minimum absolute atomic E-state index is 0.0494. The van der Waals surface area contributed by atoms with Crippen molar-refractivity contribution in [2.24, 2.45) is 5.92 Å². The Labute approximate surface area is 177 Å². The van der Waals surface area contributed by atoms with Gasteiger partial charge >= 0.3 is 0 Å². The summed E-state index contributed by atoms with van der Waals surface area (Å²) in [6.45, 7) is 9.73. The van der Waals surface area contributed by atoms with Crippen LogP contribution < -0.4 is 0 Å². The van der Waals surface area contributed by atoms with Gasteiger partial charge in [-0.3, -0.25) is 14.6 Å². The maximum absolute atomic E-state index is 12.9. The molecule has 1 aliphatic heterocycles. The van der Waals surface area contributed by atoms with Crippen molar-refractivity contribution in [1.82, 2.24) is 19.9 Å². The van der Waals surface area contributed by atoms with Crippen LogP contribution in [0.1, 0.15) is 36.4 Å². The molecule has 2 amide bonds. The van der Waals surface area contributed by atoms with E-state index in [-0.39, 0.29) is 30.9 Å². The number of aryl methyl sites for hydroxylation is 2. The number of pyridine rings is 1. The van der Waals surface area contributed by atoms with Crippen LogP contribution in [0.3, 0.4) is 0 Å². The van der Waals surface area contributed by atoms with E-state index < -0.39 is 0 Å². The zero-order valence-corrected chi connectivity index (χ0v) is 18.1. The lowest BCUT2D eigenvalue weighted by Crippen LogP contribution is -2.41. The number of carbonyl (C=O) groups is 2. The molecule has 1 saturated heterocycles. The first-order chi connectivity index (χ1) is 14.3. The van der Waals surface area contributed by atoms with Gasteiger partial charge in [-0.05, 0) is 31.4 Å². The van der Waals surface area contributed by atoms with Crippen molar-refractivity contribution in [2.75, 3.05) is 26.2 Å². The van der Waals surface area contributed by atoms with Crippen molar-refractivity contribution in [1.29, 1.82) is 0 Å². The van der Waals surface area contributed by atoms with E-state index in [1.165, 1.54) is 0 Å². The maximum Gasteiger partial charge on any atom is 0.242 e. The Morgan fingerprint density at radius 1 is 1.33 bits per heavy atom. The standard InChI is InChI=1S/C22H30N4O4/c1-15(2)10-25-11-19(29-14-20-16(3)24-30-17(20)4)12-26(13-22(25)28)21(27)8-18-6-5-7-23-9-18/h5-7,9,15,19H,8,10-14H2,1-4H3. The third kappa shape index (κ3) is 5.66. The smallest absolute Gasteiger partial charge is 0.242 e. The van der Waals surface area contributed by atoms with Crippen molar-refractivity contribution in [3.05, 3.63) is 47.1 Å². The molecule has 162 valence electrons. The number of hydrogen-bond acceptors (Lipinski definition) is 6. The molecule has 1 fully saturated rings. The quantitative estimate of drug-likeness (QED) is 0.690. The Kier molecular flexibility index (Phi) is 7.20. The molecule has 3 heterocycles. The Balaban J connectivity index is 1.73. The van der Waals surface area contributed by atoms with Gasteiger partial charge in [0, 0.05) is 37.6 Å². The Morgan fingerprint density at radius 3 is 2.77 bits per heavy atom. The highest BCUT2D eigenvalue weighted by Gasteiger charge is 2.31. The lowest BCUT2D eigenvalue weighted by molar-refractivity contribution is -0.138. The number of amides is 2. The van der Waals surface area contributed by atoms with Gasteiger partial charge in [0.2, 0.25) is 11.8 Å². The molecule has 0 spiro atoms. The van der Waals surface area contributed by atoms with E-state index in [0.717, 1.165) is 22.6 Å². The van der Waals surface area contributed by atoms with Crippen LogP contribution in [0, 0.1) is 19.8 Å². The summed E-state index contributed by atoms with van der Waals surface area (Å²) in [6, 6.07) is 3.66. The van der Waals surface area contributed by atoms with E-state index >= 15 is 0 Å². The Hall–Kier alpha value is -2.74. The van der Waals surface area contributed by atoms with Gasteiger partial charge in [-0.1, -0.05) is 25.1 Å². The van der Waals surface area contributed by atoms with Crippen LogP contribution in [0.25, 0.3) is 0 Å². The van der Waals surface area contributed by atoms with Gasteiger partial charge in [-0.2, -0.15) is 0 Å². The van der Waals surface area contributed by atoms with Crippen LogP contribution in [-0.2, 0) is 27.4 Å². The van der Waals surface area contributed by atoms with E-state index in [9.17, 15) is 9.59 Å². The van der Waals surface area contributed by atoms with Crippen molar-refractivity contribution in [3.63, 3.8) is 0 Å². The summed E-state index contributed by atoms with van der Waals surface area (Å²) in [5.41, 5.74) is 2.53. The van der Waals surface area contributed by atoms with Crippen LogP contribution in [0.4, 0.5) is 0 Å². The van der Waals surface area contributed by atoms with Crippen molar-refractivity contribution in [2.45, 2.75) is 46.8 Å². The molecule has 8 nitrogen and oxygen atoms in total. The molecule has 0 N–H and O–H groups in total. The summed E-state index contributed by atoms with van der Waals surface area (Å²) in [4.78, 5) is 33.2. The molecule has 0 saturated carbocycles. The monoisotopic (exact) mass is 414 g/mol. The van der Waals surface area contributed by atoms with Gasteiger partial charge in [0.05, 0.1) is 31.4 Å². The lowest BCUT2D eigenvalue weighted by Gasteiger charge is -2.26. The van der Waals surface area contributed by atoms with Gasteiger partial charge in [-0.15, -0.1) is 0 Å². The highest BCUT2D eigenvalue weighted by molar-refractivity contribution is 5.86. The fourth-order valence-electron chi connectivity index (χ4n) is 3.59. The molecule has 2 aromatic rings. The number of hydrogen-bond donors (Lipinski definition) is 0. The number of carbonyl (C=O) groups excluding carboxylic acids is 2. The molecule has 2 aromatic heterocycles. The molecule has 30 heavy (non-hydrogen) atoms. The second kappa shape index (κ2) is 9.84. The Morgan fingerprint density at radius 2 is 2.13 bits per heavy atom. The molecule has 3 rings (SSSR count). The fraction of sp³-hybridized carbons (Fsp3) is 0.545. The third-order valence-electron chi connectivity index (χ3n) is 5.19. The number of rotatable bonds is 7. The molecule has 1 atom stereocenters. The van der Waals surface area contributed by atoms with Gasteiger partial charge < -0.3 is 19.1 Å². The molecular weight excluding hydrogens is 384 g/mol. The Bertz CT molecular complexity index is 846. The second-order valence-corrected chi connectivity index (χ2v) is 8.24. The summed E-state index contributed by atoms with van der Waals surface area (Å²) < 4.78 is 11.4. The van der Waals surface area contributed by atoms with Crippen molar-refractivity contribution in [3.8, 4) is 0 Å². The summed E-state index contributed by atoms with van der Waals surface area (Å²) in [6.07, 6.45) is 3.27. The van der Waals surface area contributed by atoms with Crippen LogP contribution in [0.2, 0.25) is 0 Å². The zero-order chi connectivity index (χ0) is 21.7. The van der Waals surface area contributed by atoms with Crippen molar-refractivity contribution < 1.29 is 18.8 Å². The topological polar surface area (TPSA) is 88.8 Å². The average Bonchev–Trinajstić information content (AvgIpc) is 2.93. The summed E-state index contributed by atoms with van der Waals surface area (Å²) >= 11 is 0. The number of ether oxygens (including phenoxy) is 1. The van der Waals surface area contributed by atoms with Crippen LogP contribution >= 0.6 is 0 Å². The van der Waals surface area contributed by atoms with E-state index in [4.69, 9.17) is 9.26 Å². The second-order valence-electron chi connectivity index (χ2n) is 8.24. The zero-order valence-electron chi connectivity index (χ0n) is 18.1. The first kappa shape index (κ1) is 22.0. The van der Waals surface area contributed by atoms with Crippen LogP contribution in [0.5, 0.6) is 0 Å². The number of nitrogens with zero attached hydrogens (tertiary/aromatic N) is 4. The van der Waals surface area contributed by atoms with E-state index in [2.05, 4.69) is 24.0 Å². The normalized spacial score (nSPS) is 17.5. The SMILES string of the molecule is Cc1noc(C)c1COC1CN(C(=O)Cc2cccnc2)CC(=O)N(CC(C)C)C1. The third-order valence-corrected chi connectivity index (χ3v) is 5.19. The van der Waals surface area contributed by atoms with Gasteiger partial charge in [0.15, 0.2) is 0 Å². The molecule has 0 radical (unpaired) electrons. The predicted octanol–water partition coefficient (Wildman–Crippen LogP) is 2.14. The molecule has 0 bridgehead atoms. The van der Waals surface area contributed by atoms with E-state index in [1.54, 1.807) is 28.3 Å².